The molecule has 3 heterocycles. The number of aliphatic hydroxyl groups is 3. The molecule has 424 valence electrons. The third kappa shape index (κ3) is 16.3. The van der Waals surface area contributed by atoms with Gasteiger partial charge in [0, 0.05) is 69.6 Å². The van der Waals surface area contributed by atoms with Crippen LogP contribution in [0.2, 0.25) is 0 Å². The number of aliphatic hydroxyl groups excluding tert-OH is 2. The highest BCUT2D eigenvalue weighted by Gasteiger charge is 2.53. The monoisotopic (exact) mass is 1060 g/mol. The molecule has 15 atom stereocenters. The van der Waals surface area contributed by atoms with Crippen molar-refractivity contribution in [1.82, 2.24) is 4.90 Å². The van der Waals surface area contributed by atoms with Crippen molar-refractivity contribution in [3.63, 3.8) is 0 Å². The maximum absolute atomic E-state index is 14.6. The smallest absolute Gasteiger partial charge is 0.329 e. The molecule has 16 nitrogen and oxygen atoms in total. The van der Waals surface area contributed by atoms with Crippen LogP contribution in [0.25, 0.3) is 0 Å². The summed E-state index contributed by atoms with van der Waals surface area (Å²) >= 11 is 0. The van der Waals surface area contributed by atoms with Gasteiger partial charge in [0.1, 0.15) is 48.2 Å². The molecule has 2 saturated heterocycles. The van der Waals surface area contributed by atoms with E-state index >= 15 is 0 Å². The number of ether oxygens (including phenoxy) is 7. The minimum absolute atomic E-state index is 0.0224. The highest BCUT2D eigenvalue weighted by Crippen LogP contribution is 2.43. The Balaban J connectivity index is 1.54. The maximum Gasteiger partial charge on any atom is 0.329 e. The molecule has 0 unspecified atom stereocenters. The lowest BCUT2D eigenvalue weighted by atomic mass is 9.78. The zero-order chi connectivity index (χ0) is 55.9. The van der Waals surface area contributed by atoms with Gasteiger partial charge in [0.05, 0.1) is 32.0 Å². The van der Waals surface area contributed by atoms with Crippen LogP contribution in [0.5, 0.6) is 11.5 Å². The molecule has 0 radical (unpaired) electrons. The highest BCUT2D eigenvalue weighted by molar-refractivity contribution is 6.39. The number of esters is 1. The van der Waals surface area contributed by atoms with Crippen molar-refractivity contribution in [3.8, 4) is 11.5 Å². The van der Waals surface area contributed by atoms with E-state index in [-0.39, 0.29) is 60.7 Å². The third-order valence-electron chi connectivity index (χ3n) is 16.4. The molecule has 1 amide bonds. The molecule has 16 heteroatoms. The number of hydrogen-bond donors (Lipinski definition) is 3. The first-order valence-electron chi connectivity index (χ1n) is 27.6. The number of fused-ring (bicyclic) bond motifs is 3. The molecule has 3 N–H and O–H groups in total. The lowest BCUT2D eigenvalue weighted by Gasteiger charge is -2.43. The number of rotatable bonds is 11. The topological polar surface area (TPSA) is 214 Å². The van der Waals surface area contributed by atoms with Gasteiger partial charge >= 0.3 is 5.97 Å². The first-order chi connectivity index (χ1) is 36.2. The number of allylic oxidation sites excluding steroid dienone is 7. The van der Waals surface area contributed by atoms with Gasteiger partial charge in [-0.1, -0.05) is 82.7 Å². The van der Waals surface area contributed by atoms with Crippen molar-refractivity contribution in [2.75, 3.05) is 48.2 Å². The second-order valence-electron chi connectivity index (χ2n) is 22.2. The van der Waals surface area contributed by atoms with Crippen LogP contribution in [0.15, 0.2) is 65.8 Å². The highest BCUT2D eigenvalue weighted by atomic mass is 16.6. The summed E-state index contributed by atoms with van der Waals surface area (Å²) in [5.74, 6) is -7.51. The second-order valence-corrected chi connectivity index (χ2v) is 22.2. The van der Waals surface area contributed by atoms with Crippen molar-refractivity contribution >= 4 is 29.2 Å². The molecule has 1 aromatic rings. The van der Waals surface area contributed by atoms with E-state index in [0.717, 1.165) is 11.1 Å². The minimum atomic E-state index is -2.50. The van der Waals surface area contributed by atoms with Crippen molar-refractivity contribution in [2.45, 2.75) is 180 Å². The molecule has 3 fully saturated rings. The SMILES string of the molecule is COCCOc1ccc([C@@H]2C[C@@H]3CC[C@@H](C)[C@@](O)(O3)C(=O)C(=O)N3CCCC[C@H]3C(=O)O[C@H]([C@H](C)C[C@@H]3CC[C@@H](O)[C@H](OC)C3)CC(=O)[C@H](C)/C=C(\C)[C@@H](O)[C@@H](OC)C(=O)[C@H](C)C[C@H](C)/C=C/C=C/C=C/2C)c(OC)c1. The molecule has 1 saturated carbocycles. The maximum atomic E-state index is 14.6. The van der Waals surface area contributed by atoms with Gasteiger partial charge in [0.2, 0.25) is 5.79 Å². The Morgan fingerprint density at radius 3 is 2.29 bits per heavy atom. The predicted octanol–water partition coefficient (Wildman–Crippen LogP) is 7.98. The molecule has 1 aliphatic carbocycles. The quantitative estimate of drug-likeness (QED) is 0.0829. The first kappa shape index (κ1) is 62.3. The predicted molar refractivity (Wildman–Crippen MR) is 287 cm³/mol. The lowest BCUT2D eigenvalue weighted by Crippen LogP contribution is -2.60. The molecule has 5 rings (SSSR count). The molecular weight excluding hydrogens is 975 g/mol. The largest absolute Gasteiger partial charge is 0.496 e. The van der Waals surface area contributed by atoms with Crippen LogP contribution in [0, 0.1) is 35.5 Å². The van der Waals surface area contributed by atoms with Crippen LogP contribution in [-0.2, 0) is 47.7 Å². The van der Waals surface area contributed by atoms with E-state index in [1.54, 1.807) is 54.2 Å². The van der Waals surface area contributed by atoms with Crippen molar-refractivity contribution in [1.29, 1.82) is 0 Å². The van der Waals surface area contributed by atoms with Crippen molar-refractivity contribution in [3.05, 3.63) is 71.4 Å². The summed E-state index contributed by atoms with van der Waals surface area (Å²) in [6.07, 6.45) is 11.3. The summed E-state index contributed by atoms with van der Waals surface area (Å²) in [5.41, 5.74) is 2.11. The number of ketones is 3. The van der Waals surface area contributed by atoms with Gasteiger partial charge in [-0.05, 0) is 114 Å². The van der Waals surface area contributed by atoms with Gasteiger partial charge in [-0.25, -0.2) is 4.79 Å². The van der Waals surface area contributed by atoms with Crippen LogP contribution < -0.4 is 9.47 Å². The Labute approximate surface area is 451 Å². The van der Waals surface area contributed by atoms with Crippen LogP contribution in [0.1, 0.15) is 137 Å². The Hall–Kier alpha value is -4.55. The zero-order valence-electron chi connectivity index (χ0n) is 47.1. The first-order valence-corrected chi connectivity index (χ1v) is 27.6. The van der Waals surface area contributed by atoms with Gasteiger partial charge in [0.15, 0.2) is 5.78 Å². The third-order valence-corrected chi connectivity index (χ3v) is 16.4. The summed E-state index contributed by atoms with van der Waals surface area (Å²) in [7, 11) is 6.12. The van der Waals surface area contributed by atoms with E-state index in [2.05, 4.69) is 0 Å². The summed E-state index contributed by atoms with van der Waals surface area (Å²) < 4.78 is 41.0. The number of piperidine rings is 1. The minimum Gasteiger partial charge on any atom is -0.496 e. The Bertz CT molecular complexity index is 2240. The number of carbonyl (C=O) groups excluding carboxylic acids is 5. The summed E-state index contributed by atoms with van der Waals surface area (Å²) in [6.45, 7) is 13.5. The molecular formula is C60H89NO15. The molecule has 2 bridgehead atoms. The number of Topliss-reactive ketones (excluding diaryl/α,β-unsaturated/α-hetero) is 3. The standard InChI is InChI=1S/C60H89NO15/c1-36-17-13-12-14-18-37(2)47(46-24-23-44(34-52(46)71-9)74-28-27-70-8)33-45-22-20-42(7)60(69,76-45)57(66)58(67)61-26-16-15-19-48(61)59(68)75-51(39(4)31-43-21-25-49(62)53(32-43)72-10)35-50(63)38(3)30-41(6)55(65)56(73-11)54(64)40(5)29-36/h12-14,17-18,23-24,30,34,36,38-40,42-43,45,47-49,51,53,55-56,62,65,69H,15-16,19-22,25-29,31-33,35H2,1-11H3/b14-12+,17-13+,37-18+,41-30+/t36-,38-,39-,40-,42-,43+,45+,47-,48+,49-,51+,53-,55-,56+,60-/m1/s1. The Morgan fingerprint density at radius 2 is 1.59 bits per heavy atom. The average Bonchev–Trinajstić information content (AvgIpc) is 3.40. The van der Waals surface area contributed by atoms with E-state index in [1.165, 1.54) is 12.0 Å². The molecule has 0 spiro atoms. The van der Waals surface area contributed by atoms with Crippen LogP contribution in [0.4, 0.5) is 0 Å². The van der Waals surface area contributed by atoms with Gasteiger partial charge in [-0.2, -0.15) is 0 Å². The number of amides is 1. The van der Waals surface area contributed by atoms with Gasteiger partial charge in [-0.15, -0.1) is 0 Å². The van der Waals surface area contributed by atoms with Crippen molar-refractivity contribution < 1.29 is 72.5 Å². The number of benzene rings is 1. The van der Waals surface area contributed by atoms with E-state index in [0.29, 0.717) is 94.5 Å². The van der Waals surface area contributed by atoms with Gasteiger partial charge in [0.25, 0.3) is 11.7 Å². The zero-order valence-corrected chi connectivity index (χ0v) is 47.1. The fourth-order valence-electron chi connectivity index (χ4n) is 11.6. The second kappa shape index (κ2) is 29.4. The van der Waals surface area contributed by atoms with E-state index < -0.39 is 77.8 Å². The number of cyclic esters (lactones) is 1. The van der Waals surface area contributed by atoms with Crippen LogP contribution in [-0.4, -0.2) is 146 Å². The lowest BCUT2D eigenvalue weighted by molar-refractivity contribution is -0.264. The average molecular weight is 1060 g/mol. The van der Waals surface area contributed by atoms with Gasteiger partial charge in [-0.3, -0.25) is 19.2 Å². The summed E-state index contributed by atoms with van der Waals surface area (Å²) in [6, 6.07) is 4.41. The molecule has 0 aromatic heterocycles. The number of nitrogens with zero attached hydrogens (tertiary/aromatic N) is 1. The molecule has 1 aromatic carbocycles. The molecule has 4 aliphatic rings. The number of methoxy groups -OCH3 is 4. The van der Waals surface area contributed by atoms with E-state index in [9.17, 15) is 39.3 Å². The van der Waals surface area contributed by atoms with Crippen LogP contribution in [0.3, 0.4) is 0 Å². The summed E-state index contributed by atoms with van der Waals surface area (Å²) in [4.78, 5) is 73.2. The number of carbonyl (C=O) groups is 5. The normalized spacial score (nSPS) is 36.2. The molecule has 3 aliphatic heterocycles. The van der Waals surface area contributed by atoms with E-state index in [4.69, 9.17) is 33.2 Å². The van der Waals surface area contributed by atoms with E-state index in [1.807, 2.05) is 70.2 Å². The molecule has 76 heavy (non-hydrogen) atoms. The Kier molecular flexibility index (Phi) is 24.1. The van der Waals surface area contributed by atoms with Crippen LogP contribution >= 0.6 is 0 Å². The Morgan fingerprint density at radius 1 is 0.842 bits per heavy atom. The fraction of sp³-hybridized carbons (Fsp3) is 0.683. The van der Waals surface area contributed by atoms with Gasteiger partial charge < -0.3 is 53.4 Å². The summed E-state index contributed by atoms with van der Waals surface area (Å²) in [5, 5.41) is 34.5. The fourth-order valence-corrected chi connectivity index (χ4v) is 11.6. The number of hydrogen-bond acceptors (Lipinski definition) is 15. The van der Waals surface area contributed by atoms with Crippen molar-refractivity contribution in [2.24, 2.45) is 35.5 Å².